The third-order valence-electron chi connectivity index (χ3n) is 6.80. The number of carbonyl (C=O) groups excluding carboxylic acids is 8. The van der Waals surface area contributed by atoms with Gasteiger partial charge in [-0.15, -0.1) is 6.42 Å². The van der Waals surface area contributed by atoms with Crippen LogP contribution in [0.4, 0.5) is 14.4 Å². The molecule has 1 saturated heterocycles. The molecule has 1 aromatic rings. The van der Waals surface area contributed by atoms with Gasteiger partial charge in [-0.05, 0) is 59.2 Å². The smallest absolute Gasteiger partial charge is 0.444 e. The monoisotopic (exact) mass is 823 g/mol. The minimum atomic E-state index is -1.84. The lowest BCUT2D eigenvalue weighted by molar-refractivity contribution is -0.282. The molecule has 0 radical (unpaired) electrons. The lowest BCUT2D eigenvalue weighted by Gasteiger charge is -2.43. The maximum absolute atomic E-state index is 13.8. The Morgan fingerprint density at radius 3 is 1.88 bits per heavy atom. The van der Waals surface area contributed by atoms with Crippen LogP contribution in [0.5, 0.6) is 5.75 Å². The van der Waals surface area contributed by atoms with Gasteiger partial charge in [0.05, 0.1) is 25.8 Å². The topological polar surface area (TPSA) is 256 Å². The van der Waals surface area contributed by atoms with Crippen LogP contribution in [0, 0.1) is 12.3 Å². The molecule has 5 atom stereocenters. The fraction of sp³-hybridized carbons (Fsp3) is 0.568. The van der Waals surface area contributed by atoms with Crippen LogP contribution in [-0.4, -0.2) is 122 Å². The van der Waals surface area contributed by atoms with Crippen LogP contribution in [0.2, 0.25) is 0 Å². The number of rotatable bonds is 14. The Hall–Kier alpha value is -6.14. The Kier molecular flexibility index (Phi) is 17.7. The van der Waals surface area contributed by atoms with E-state index in [-0.39, 0.29) is 41.6 Å². The first-order valence-electron chi connectivity index (χ1n) is 17.5. The number of ether oxygens (including phenoxy) is 9. The van der Waals surface area contributed by atoms with Gasteiger partial charge in [0.15, 0.2) is 18.3 Å². The predicted molar refractivity (Wildman–Crippen MR) is 194 cm³/mol. The second-order valence-corrected chi connectivity index (χ2v) is 14.1. The molecule has 1 heterocycles. The predicted octanol–water partition coefficient (Wildman–Crippen LogP) is 2.45. The maximum Gasteiger partial charge on any atom is 0.444 e. The number of imide groups is 1. The van der Waals surface area contributed by atoms with E-state index in [4.69, 9.17) is 53.9 Å². The summed E-state index contributed by atoms with van der Waals surface area (Å²) in [7, 11) is 1.01. The van der Waals surface area contributed by atoms with Crippen molar-refractivity contribution in [1.29, 1.82) is 0 Å². The summed E-state index contributed by atoms with van der Waals surface area (Å²) in [5.41, 5.74) is -2.07. The Bertz CT molecular complexity index is 1700. The van der Waals surface area contributed by atoms with Crippen LogP contribution in [0.3, 0.4) is 0 Å². The number of nitrogens with one attached hydrogen (secondary N) is 2. The zero-order valence-electron chi connectivity index (χ0n) is 33.8. The molecule has 21 heteroatoms. The number of hydrogen-bond donors (Lipinski definition) is 2. The summed E-state index contributed by atoms with van der Waals surface area (Å²) >= 11 is 0. The Balaban J connectivity index is 2.53. The fourth-order valence-corrected chi connectivity index (χ4v) is 4.75. The van der Waals surface area contributed by atoms with Gasteiger partial charge in [0.25, 0.3) is 5.91 Å². The normalized spacial score (nSPS) is 18.8. The molecule has 1 fully saturated rings. The average molecular weight is 824 g/mol. The molecule has 21 nitrogen and oxygen atoms in total. The van der Waals surface area contributed by atoms with Crippen molar-refractivity contribution in [2.75, 3.05) is 26.8 Å². The number of esters is 4. The van der Waals surface area contributed by atoms with E-state index in [2.05, 4.69) is 16.6 Å². The van der Waals surface area contributed by atoms with Crippen LogP contribution in [0.15, 0.2) is 18.2 Å². The highest BCUT2D eigenvalue weighted by atomic mass is 16.8. The molecule has 1 aliphatic rings. The highest BCUT2D eigenvalue weighted by Crippen LogP contribution is 2.33. The van der Waals surface area contributed by atoms with Gasteiger partial charge in [-0.25, -0.2) is 19.2 Å². The van der Waals surface area contributed by atoms with Crippen molar-refractivity contribution in [3.63, 3.8) is 0 Å². The van der Waals surface area contributed by atoms with Crippen molar-refractivity contribution in [2.45, 2.75) is 111 Å². The second kappa shape index (κ2) is 21.4. The molecule has 0 saturated carbocycles. The van der Waals surface area contributed by atoms with E-state index in [1.54, 1.807) is 41.5 Å². The van der Waals surface area contributed by atoms with Crippen molar-refractivity contribution in [3.05, 3.63) is 29.3 Å². The van der Waals surface area contributed by atoms with Gasteiger partial charge >= 0.3 is 42.2 Å². The number of methoxy groups -OCH3 is 1. The van der Waals surface area contributed by atoms with Crippen LogP contribution >= 0.6 is 0 Å². The molecule has 1 aromatic carbocycles. The second-order valence-electron chi connectivity index (χ2n) is 14.1. The van der Waals surface area contributed by atoms with Gasteiger partial charge in [-0.2, -0.15) is 0 Å². The molecule has 2 N–H and O–H groups in total. The van der Waals surface area contributed by atoms with Crippen LogP contribution in [-0.2, 0) is 68.5 Å². The van der Waals surface area contributed by atoms with Crippen molar-refractivity contribution in [2.24, 2.45) is 0 Å². The first-order valence-corrected chi connectivity index (χ1v) is 17.5. The molecule has 0 bridgehead atoms. The molecule has 1 aliphatic heterocycles. The molecule has 4 amide bonds. The minimum Gasteiger partial charge on any atom is -0.467 e. The zero-order chi connectivity index (χ0) is 44.0. The van der Waals surface area contributed by atoms with Gasteiger partial charge < -0.3 is 53.3 Å². The molecule has 0 unspecified atom stereocenters. The van der Waals surface area contributed by atoms with E-state index in [1.165, 1.54) is 18.2 Å². The van der Waals surface area contributed by atoms with E-state index in [0.29, 0.717) is 0 Å². The van der Waals surface area contributed by atoms with Crippen LogP contribution < -0.4 is 15.4 Å². The lowest BCUT2D eigenvalue weighted by atomic mass is 9.97. The molecule has 2 rings (SSSR count). The number of nitrogens with zero attached hydrogens (tertiary/aromatic N) is 1. The van der Waals surface area contributed by atoms with Crippen LogP contribution in [0.1, 0.15) is 78.2 Å². The minimum absolute atomic E-state index is 0.120. The average Bonchev–Trinajstić information content (AvgIpc) is 3.09. The van der Waals surface area contributed by atoms with Gasteiger partial charge in [0.2, 0.25) is 12.4 Å². The third-order valence-corrected chi connectivity index (χ3v) is 6.80. The summed E-state index contributed by atoms with van der Waals surface area (Å²) in [6.07, 6.45) is -6.84. The van der Waals surface area contributed by atoms with Crippen molar-refractivity contribution in [3.8, 4) is 18.1 Å². The number of hydroxylamine groups is 2. The Morgan fingerprint density at radius 1 is 0.810 bits per heavy atom. The first kappa shape index (κ1) is 48.0. The van der Waals surface area contributed by atoms with Gasteiger partial charge in [-0.3, -0.25) is 24.0 Å². The molecule has 0 aromatic heterocycles. The van der Waals surface area contributed by atoms with E-state index in [0.717, 1.165) is 27.9 Å². The largest absolute Gasteiger partial charge is 0.467 e. The van der Waals surface area contributed by atoms with E-state index in [9.17, 15) is 38.4 Å². The standard InChI is InChI=1S/C37H49N3O18/c1-12-15-39-33(46)50-19-23-13-14-25(24(18-23)30(44)38-16-17-51-40(34(47)57-36(5,6)7)35(48)58-37(8,9)10)55-32-29(54-22(4)43)27(53-21(3)42)26(52-20(2)41)28(56-32)31(45)49-11/h1,13-14,18,26-29,32H,15-17,19H2,2-11H3,(H,38,44)(H,39,46)/t26-,27-,28-,29+,32+/m0/s1. The highest BCUT2D eigenvalue weighted by molar-refractivity contribution is 5.97. The van der Waals surface area contributed by atoms with Gasteiger partial charge in [0, 0.05) is 27.3 Å². The molecule has 320 valence electrons. The number of carbonyl (C=O) groups is 8. The summed E-state index contributed by atoms with van der Waals surface area (Å²) in [6.45, 7) is 11.1. The molecule has 58 heavy (non-hydrogen) atoms. The summed E-state index contributed by atoms with van der Waals surface area (Å²) in [6, 6.07) is 3.88. The van der Waals surface area contributed by atoms with Gasteiger partial charge in [0.1, 0.15) is 23.6 Å². The van der Waals surface area contributed by atoms with E-state index < -0.39 is 96.6 Å². The number of benzene rings is 1. The van der Waals surface area contributed by atoms with E-state index in [1.807, 2.05) is 0 Å². The molecule has 0 spiro atoms. The quantitative estimate of drug-likeness (QED) is 0.0898. The van der Waals surface area contributed by atoms with Gasteiger partial charge in [-0.1, -0.05) is 17.1 Å². The number of alkyl carbamates (subject to hydrolysis) is 1. The summed E-state index contributed by atoms with van der Waals surface area (Å²) in [4.78, 5) is 106. The Labute approximate surface area is 334 Å². The maximum atomic E-state index is 13.8. The van der Waals surface area contributed by atoms with Crippen molar-refractivity contribution >= 4 is 48.1 Å². The number of hydrogen-bond acceptors (Lipinski definition) is 18. The van der Waals surface area contributed by atoms with E-state index >= 15 is 0 Å². The molecular formula is C37H49N3O18. The number of amides is 4. The summed E-state index contributed by atoms with van der Waals surface area (Å²) in [5.74, 6) is -2.84. The zero-order valence-corrected chi connectivity index (χ0v) is 33.8. The first-order chi connectivity index (χ1) is 27.0. The summed E-state index contributed by atoms with van der Waals surface area (Å²) < 4.78 is 48.3. The Morgan fingerprint density at radius 2 is 1.36 bits per heavy atom. The highest BCUT2D eigenvalue weighted by Gasteiger charge is 2.56. The van der Waals surface area contributed by atoms with Crippen LogP contribution in [0.25, 0.3) is 0 Å². The van der Waals surface area contributed by atoms with Crippen molar-refractivity contribution in [1.82, 2.24) is 15.7 Å². The molecule has 0 aliphatic carbocycles. The SMILES string of the molecule is C#CCNC(=O)OCc1ccc(O[C@@H]2O[C@H](C(=O)OC)[C@@H](OC(C)=O)[C@H](OC(C)=O)[C@H]2OC(C)=O)c(C(=O)NCCON(C(=O)OC(C)(C)C)C(=O)OC(C)(C)C)c1. The fourth-order valence-electron chi connectivity index (χ4n) is 4.75. The van der Waals surface area contributed by atoms with Crippen molar-refractivity contribution < 1.29 is 85.8 Å². The summed E-state index contributed by atoms with van der Waals surface area (Å²) in [5, 5.41) is 5.10. The third kappa shape index (κ3) is 15.8. The number of terminal acetylenes is 1. The molecular weight excluding hydrogens is 774 g/mol. The lowest BCUT2D eigenvalue weighted by Crippen LogP contribution is -2.64.